The van der Waals surface area contributed by atoms with Gasteiger partial charge in [-0.1, -0.05) is 0 Å². The Morgan fingerprint density at radius 2 is 2.55 bits per heavy atom. The van der Waals surface area contributed by atoms with Gasteiger partial charge in [0.2, 0.25) is 0 Å². The molecule has 11 heavy (non-hydrogen) atoms. The summed E-state index contributed by atoms with van der Waals surface area (Å²) < 4.78 is 0. The molecule has 3 heteroatoms. The summed E-state index contributed by atoms with van der Waals surface area (Å²) in [5, 5.41) is 0. The van der Waals surface area contributed by atoms with Gasteiger partial charge in [0.25, 0.3) is 0 Å². The first-order chi connectivity index (χ1) is 5.45. The highest BCUT2D eigenvalue weighted by Crippen LogP contribution is 2.47. The molecule has 56 valence electrons. The van der Waals surface area contributed by atoms with Crippen LogP contribution in [0.1, 0.15) is 6.42 Å². The van der Waals surface area contributed by atoms with Crippen molar-refractivity contribution in [2.45, 2.75) is 12.5 Å². The maximum absolute atomic E-state index is 4.19. The molecule has 2 unspecified atom stereocenters. The van der Waals surface area contributed by atoms with E-state index >= 15 is 0 Å². The Morgan fingerprint density at radius 1 is 1.55 bits per heavy atom. The Kier molecular flexibility index (Phi) is 0.866. The van der Waals surface area contributed by atoms with Crippen molar-refractivity contribution in [3.63, 3.8) is 0 Å². The van der Waals surface area contributed by atoms with Crippen LogP contribution in [0.15, 0.2) is 18.6 Å². The molecule has 1 aliphatic carbocycles. The highest BCUT2D eigenvalue weighted by atomic mass is 15.3. The maximum Gasteiger partial charge on any atom is 0.132 e. The fourth-order valence-corrected chi connectivity index (χ4v) is 1.78. The van der Waals surface area contributed by atoms with Crippen molar-refractivity contribution in [2.24, 2.45) is 5.92 Å². The molecule has 2 atom stereocenters. The van der Waals surface area contributed by atoms with Gasteiger partial charge in [0.15, 0.2) is 0 Å². The van der Waals surface area contributed by atoms with Crippen LogP contribution in [0, 0.1) is 5.92 Å². The van der Waals surface area contributed by atoms with Crippen molar-refractivity contribution in [3.05, 3.63) is 18.6 Å². The topological polar surface area (TPSA) is 29.0 Å². The minimum atomic E-state index is 0.824. The molecule has 0 spiro atoms. The second kappa shape index (κ2) is 1.72. The predicted molar refractivity (Wildman–Crippen MR) is 41.3 cm³/mol. The summed E-state index contributed by atoms with van der Waals surface area (Å²) in [5.41, 5.74) is 0. The first-order valence-corrected chi connectivity index (χ1v) is 3.98. The van der Waals surface area contributed by atoms with Gasteiger partial charge in [-0.05, 0) is 18.4 Å². The van der Waals surface area contributed by atoms with Crippen LogP contribution in [-0.2, 0) is 0 Å². The Balaban J connectivity index is 1.89. The summed E-state index contributed by atoms with van der Waals surface area (Å²) in [6.45, 7) is 1.21. The molecule has 2 aliphatic rings. The van der Waals surface area contributed by atoms with Crippen molar-refractivity contribution in [1.82, 2.24) is 9.97 Å². The van der Waals surface area contributed by atoms with Crippen molar-refractivity contribution >= 4 is 5.82 Å². The summed E-state index contributed by atoms with van der Waals surface area (Å²) in [7, 11) is 0. The molecule has 1 aromatic heterocycles. The van der Waals surface area contributed by atoms with Crippen molar-refractivity contribution in [3.8, 4) is 0 Å². The quantitative estimate of drug-likeness (QED) is 0.585. The van der Waals surface area contributed by atoms with Crippen LogP contribution in [0.4, 0.5) is 5.82 Å². The van der Waals surface area contributed by atoms with Gasteiger partial charge in [0.1, 0.15) is 12.1 Å². The number of fused-ring (bicyclic) bond motifs is 1. The van der Waals surface area contributed by atoms with E-state index in [1.165, 1.54) is 13.0 Å². The summed E-state index contributed by atoms with van der Waals surface area (Å²) in [4.78, 5) is 10.4. The van der Waals surface area contributed by atoms with Gasteiger partial charge in [-0.2, -0.15) is 0 Å². The van der Waals surface area contributed by atoms with E-state index in [9.17, 15) is 0 Å². The minimum Gasteiger partial charge on any atom is -0.353 e. The van der Waals surface area contributed by atoms with Crippen molar-refractivity contribution < 1.29 is 0 Å². The second-order valence-corrected chi connectivity index (χ2v) is 3.28. The summed E-state index contributed by atoms with van der Waals surface area (Å²) in [5.74, 6) is 2.09. The maximum atomic E-state index is 4.19. The van der Waals surface area contributed by atoms with Crippen LogP contribution in [0.3, 0.4) is 0 Å². The Hall–Kier alpha value is -1.12. The van der Waals surface area contributed by atoms with E-state index in [1.54, 1.807) is 12.5 Å². The molecular weight excluding hydrogens is 138 g/mol. The highest BCUT2D eigenvalue weighted by molar-refractivity contribution is 5.46. The summed E-state index contributed by atoms with van der Waals surface area (Å²) >= 11 is 0. The van der Waals surface area contributed by atoms with E-state index in [-0.39, 0.29) is 0 Å². The molecule has 2 heterocycles. The van der Waals surface area contributed by atoms with Gasteiger partial charge in [0, 0.05) is 18.8 Å². The SMILES string of the molecule is c1cc(N2CC3CC32)ncn1. The Bertz CT molecular complexity index is 272. The summed E-state index contributed by atoms with van der Waals surface area (Å²) in [6, 6.07) is 2.80. The molecule has 0 bridgehead atoms. The van der Waals surface area contributed by atoms with E-state index in [2.05, 4.69) is 14.9 Å². The second-order valence-electron chi connectivity index (χ2n) is 3.28. The predicted octanol–water partition coefficient (Wildman–Crippen LogP) is 0.685. The standard InChI is InChI=1S/C8H9N3/c1-2-9-5-10-8(1)11-4-6-3-7(6)11/h1-2,5-7H,3-4H2. The zero-order chi connectivity index (χ0) is 7.26. The van der Waals surface area contributed by atoms with Gasteiger partial charge in [-0.15, -0.1) is 0 Å². The molecule has 3 rings (SSSR count). The van der Waals surface area contributed by atoms with Gasteiger partial charge in [-0.25, -0.2) is 9.97 Å². The molecule has 1 aliphatic heterocycles. The smallest absolute Gasteiger partial charge is 0.132 e. The molecule has 0 N–H and O–H groups in total. The number of hydrogen-bond donors (Lipinski definition) is 0. The van der Waals surface area contributed by atoms with E-state index in [0.717, 1.165) is 17.8 Å². The molecule has 1 aromatic rings. The third-order valence-electron chi connectivity index (χ3n) is 2.58. The largest absolute Gasteiger partial charge is 0.353 e. The normalized spacial score (nSPS) is 32.5. The van der Waals surface area contributed by atoms with Crippen LogP contribution in [0.25, 0.3) is 0 Å². The van der Waals surface area contributed by atoms with Gasteiger partial charge >= 0.3 is 0 Å². The highest BCUT2D eigenvalue weighted by Gasteiger charge is 2.52. The van der Waals surface area contributed by atoms with E-state index in [0.29, 0.717) is 0 Å². The number of anilines is 1. The van der Waals surface area contributed by atoms with Crippen LogP contribution in [0.5, 0.6) is 0 Å². The molecule has 1 saturated heterocycles. The zero-order valence-electron chi connectivity index (χ0n) is 6.14. The fraction of sp³-hybridized carbons (Fsp3) is 0.500. The summed E-state index contributed by atoms with van der Waals surface area (Å²) in [6.07, 6.45) is 4.80. The molecule has 0 amide bonds. The monoisotopic (exact) mass is 147 g/mol. The fourth-order valence-electron chi connectivity index (χ4n) is 1.78. The molecule has 2 fully saturated rings. The molecule has 0 radical (unpaired) electrons. The number of nitrogens with zero attached hydrogens (tertiary/aromatic N) is 3. The van der Waals surface area contributed by atoms with Crippen LogP contribution in [0.2, 0.25) is 0 Å². The Labute approximate surface area is 65.1 Å². The average Bonchev–Trinajstić information content (AvgIpc) is 2.64. The van der Waals surface area contributed by atoms with Gasteiger partial charge in [0.05, 0.1) is 0 Å². The van der Waals surface area contributed by atoms with Gasteiger partial charge < -0.3 is 4.90 Å². The molecular formula is C8H9N3. The van der Waals surface area contributed by atoms with E-state index in [1.807, 2.05) is 6.07 Å². The van der Waals surface area contributed by atoms with Crippen LogP contribution >= 0.6 is 0 Å². The van der Waals surface area contributed by atoms with Gasteiger partial charge in [-0.3, -0.25) is 0 Å². The lowest BCUT2D eigenvalue weighted by atomic mass is 10.2. The van der Waals surface area contributed by atoms with E-state index < -0.39 is 0 Å². The zero-order valence-corrected chi connectivity index (χ0v) is 6.14. The number of aromatic nitrogens is 2. The molecule has 0 aromatic carbocycles. The number of rotatable bonds is 1. The average molecular weight is 147 g/mol. The third kappa shape index (κ3) is 0.679. The molecule has 1 saturated carbocycles. The first kappa shape index (κ1) is 5.52. The lowest BCUT2D eigenvalue weighted by molar-refractivity contribution is 0.585. The van der Waals surface area contributed by atoms with Crippen molar-refractivity contribution in [1.29, 1.82) is 0 Å². The van der Waals surface area contributed by atoms with Crippen LogP contribution in [-0.4, -0.2) is 22.6 Å². The first-order valence-electron chi connectivity index (χ1n) is 3.98. The third-order valence-corrected chi connectivity index (χ3v) is 2.58. The Morgan fingerprint density at radius 3 is 3.09 bits per heavy atom. The lowest BCUT2D eigenvalue weighted by Gasteiger charge is -2.31. The van der Waals surface area contributed by atoms with E-state index in [4.69, 9.17) is 0 Å². The number of hydrogen-bond acceptors (Lipinski definition) is 3. The van der Waals surface area contributed by atoms with Crippen LogP contribution < -0.4 is 4.90 Å². The minimum absolute atomic E-state index is 0.824. The lowest BCUT2D eigenvalue weighted by Crippen LogP contribution is -2.39. The van der Waals surface area contributed by atoms with Crippen molar-refractivity contribution in [2.75, 3.05) is 11.4 Å². The molecule has 3 nitrogen and oxygen atoms in total.